The minimum absolute atomic E-state index is 0.0224. The third-order valence-electron chi connectivity index (χ3n) is 5.83. The van der Waals surface area contributed by atoms with E-state index in [0.717, 1.165) is 16.7 Å². The highest BCUT2D eigenvalue weighted by atomic mass is 35.5. The SMILES string of the molecule is CCOc1cc(/C(O)=C2\C(=O)C(=O)N(c3ccc(C)c(C)c3)C2c2ccccc2)ccc1Cl. The van der Waals surface area contributed by atoms with Crippen LogP contribution >= 0.6 is 11.6 Å². The Bertz CT molecular complexity index is 1270. The summed E-state index contributed by atoms with van der Waals surface area (Å²) in [5, 5.41) is 11.7. The zero-order valence-corrected chi connectivity index (χ0v) is 19.4. The van der Waals surface area contributed by atoms with Crippen molar-refractivity contribution in [1.29, 1.82) is 0 Å². The molecule has 0 aliphatic carbocycles. The van der Waals surface area contributed by atoms with E-state index in [-0.39, 0.29) is 11.3 Å². The molecule has 6 heteroatoms. The van der Waals surface area contributed by atoms with Crippen molar-refractivity contribution >= 4 is 34.7 Å². The molecule has 1 amide bonds. The topological polar surface area (TPSA) is 66.8 Å². The van der Waals surface area contributed by atoms with Crippen molar-refractivity contribution in [2.75, 3.05) is 11.5 Å². The van der Waals surface area contributed by atoms with Gasteiger partial charge in [-0.15, -0.1) is 0 Å². The molecular weight excluding hydrogens is 438 g/mol. The molecule has 4 rings (SSSR count). The number of aliphatic hydroxyl groups is 1. The highest BCUT2D eigenvalue weighted by molar-refractivity contribution is 6.51. The molecule has 1 fully saturated rings. The third-order valence-corrected chi connectivity index (χ3v) is 6.15. The van der Waals surface area contributed by atoms with Crippen LogP contribution in [0, 0.1) is 13.8 Å². The van der Waals surface area contributed by atoms with E-state index in [1.54, 1.807) is 18.2 Å². The lowest BCUT2D eigenvalue weighted by Crippen LogP contribution is -2.29. The number of hydrogen-bond donors (Lipinski definition) is 1. The number of aryl methyl sites for hydroxylation is 2. The molecule has 1 heterocycles. The number of carbonyl (C=O) groups excluding carboxylic acids is 2. The average molecular weight is 462 g/mol. The van der Waals surface area contributed by atoms with Gasteiger partial charge in [0.15, 0.2) is 0 Å². The number of amides is 1. The second-order valence-electron chi connectivity index (χ2n) is 7.93. The molecule has 0 spiro atoms. The normalized spacial score (nSPS) is 17.5. The summed E-state index contributed by atoms with van der Waals surface area (Å²) in [5.41, 5.74) is 3.77. The third kappa shape index (κ3) is 4.12. The Morgan fingerprint density at radius 2 is 1.73 bits per heavy atom. The maximum atomic E-state index is 13.3. The van der Waals surface area contributed by atoms with Gasteiger partial charge in [-0.25, -0.2) is 0 Å². The average Bonchev–Trinajstić information content (AvgIpc) is 3.08. The van der Waals surface area contributed by atoms with Crippen LogP contribution in [0.3, 0.4) is 0 Å². The number of rotatable bonds is 5. The van der Waals surface area contributed by atoms with Gasteiger partial charge in [0, 0.05) is 11.3 Å². The number of hydrogen-bond acceptors (Lipinski definition) is 4. The van der Waals surface area contributed by atoms with Gasteiger partial charge in [0.1, 0.15) is 11.5 Å². The van der Waals surface area contributed by atoms with Gasteiger partial charge in [0.2, 0.25) is 0 Å². The van der Waals surface area contributed by atoms with Crippen LogP contribution in [-0.4, -0.2) is 23.4 Å². The van der Waals surface area contributed by atoms with E-state index in [4.69, 9.17) is 16.3 Å². The zero-order valence-electron chi connectivity index (χ0n) is 18.6. The highest BCUT2D eigenvalue weighted by Gasteiger charge is 2.47. The van der Waals surface area contributed by atoms with Crippen molar-refractivity contribution in [2.45, 2.75) is 26.8 Å². The Labute approximate surface area is 197 Å². The number of anilines is 1. The number of Topliss-reactive ketones (excluding diaryl/α,β-unsaturated/α-hetero) is 1. The number of nitrogens with zero attached hydrogens (tertiary/aromatic N) is 1. The predicted molar refractivity (Wildman–Crippen MR) is 130 cm³/mol. The Morgan fingerprint density at radius 3 is 2.39 bits per heavy atom. The Morgan fingerprint density at radius 1 is 1.00 bits per heavy atom. The molecule has 1 aliphatic heterocycles. The number of carbonyl (C=O) groups is 2. The van der Waals surface area contributed by atoms with Crippen molar-refractivity contribution in [3.63, 3.8) is 0 Å². The van der Waals surface area contributed by atoms with Crippen molar-refractivity contribution in [3.05, 3.63) is 99.6 Å². The number of benzene rings is 3. The summed E-state index contributed by atoms with van der Waals surface area (Å²) < 4.78 is 5.54. The molecule has 1 saturated heterocycles. The molecule has 1 unspecified atom stereocenters. The fraction of sp³-hybridized carbons (Fsp3) is 0.185. The Hall–Kier alpha value is -3.57. The molecule has 0 bridgehead atoms. The minimum atomic E-state index is -0.778. The van der Waals surface area contributed by atoms with Crippen LogP contribution in [0.25, 0.3) is 5.76 Å². The fourth-order valence-corrected chi connectivity index (χ4v) is 4.17. The number of aliphatic hydroxyl groups excluding tert-OH is 1. The quantitative estimate of drug-likeness (QED) is 0.288. The van der Waals surface area contributed by atoms with Crippen molar-refractivity contribution < 1.29 is 19.4 Å². The van der Waals surface area contributed by atoms with Crippen LogP contribution in [0.4, 0.5) is 5.69 Å². The van der Waals surface area contributed by atoms with Gasteiger partial charge in [0.25, 0.3) is 11.7 Å². The molecule has 5 nitrogen and oxygen atoms in total. The molecule has 0 aromatic heterocycles. The van der Waals surface area contributed by atoms with E-state index in [1.165, 1.54) is 4.90 Å². The summed E-state index contributed by atoms with van der Waals surface area (Å²) in [6.45, 7) is 6.16. The zero-order chi connectivity index (χ0) is 23.7. The first-order valence-corrected chi connectivity index (χ1v) is 11.1. The van der Waals surface area contributed by atoms with Crippen LogP contribution < -0.4 is 9.64 Å². The van der Waals surface area contributed by atoms with Crippen molar-refractivity contribution in [3.8, 4) is 5.75 Å². The van der Waals surface area contributed by atoms with Gasteiger partial charge in [0.05, 0.1) is 23.2 Å². The summed E-state index contributed by atoms with van der Waals surface area (Å²) in [4.78, 5) is 27.9. The maximum absolute atomic E-state index is 13.3. The van der Waals surface area contributed by atoms with Gasteiger partial charge in [-0.05, 0) is 67.8 Å². The van der Waals surface area contributed by atoms with Gasteiger partial charge < -0.3 is 9.84 Å². The number of ketones is 1. The van der Waals surface area contributed by atoms with Crippen molar-refractivity contribution in [1.82, 2.24) is 0 Å². The molecule has 0 radical (unpaired) electrons. The van der Waals surface area contributed by atoms with E-state index in [1.807, 2.05) is 69.3 Å². The number of halogens is 1. The number of ether oxygens (including phenoxy) is 1. The molecule has 3 aromatic rings. The summed E-state index contributed by atoms with van der Waals surface area (Å²) in [7, 11) is 0. The fourth-order valence-electron chi connectivity index (χ4n) is 4.00. The van der Waals surface area contributed by atoms with Crippen LogP contribution in [-0.2, 0) is 9.59 Å². The summed E-state index contributed by atoms with van der Waals surface area (Å²) >= 11 is 6.19. The van der Waals surface area contributed by atoms with Crippen LogP contribution in [0.15, 0.2) is 72.3 Å². The second kappa shape index (κ2) is 9.12. The first-order chi connectivity index (χ1) is 15.8. The van der Waals surface area contributed by atoms with Crippen LogP contribution in [0.2, 0.25) is 5.02 Å². The van der Waals surface area contributed by atoms with Gasteiger partial charge in [-0.2, -0.15) is 0 Å². The molecule has 3 aromatic carbocycles. The Balaban J connectivity index is 1.93. The molecule has 1 N–H and O–H groups in total. The largest absolute Gasteiger partial charge is 0.507 e. The first-order valence-electron chi connectivity index (χ1n) is 10.7. The Kier molecular flexibility index (Phi) is 6.25. The highest BCUT2D eigenvalue weighted by Crippen LogP contribution is 2.43. The van der Waals surface area contributed by atoms with Gasteiger partial charge >= 0.3 is 0 Å². The van der Waals surface area contributed by atoms with Crippen LogP contribution in [0.5, 0.6) is 5.75 Å². The smallest absolute Gasteiger partial charge is 0.300 e. The molecular formula is C27H24ClNO4. The van der Waals surface area contributed by atoms with Gasteiger partial charge in [-0.1, -0.05) is 48.0 Å². The molecule has 1 aliphatic rings. The lowest BCUT2D eigenvalue weighted by atomic mass is 9.95. The molecule has 1 atom stereocenters. The second-order valence-corrected chi connectivity index (χ2v) is 8.33. The van der Waals surface area contributed by atoms with Crippen molar-refractivity contribution in [2.24, 2.45) is 0 Å². The summed E-state index contributed by atoms with van der Waals surface area (Å²) in [6, 6.07) is 18.8. The van der Waals surface area contributed by atoms with Gasteiger partial charge in [-0.3, -0.25) is 14.5 Å². The standard InChI is InChI=1S/C27H24ClNO4/c1-4-33-22-15-19(11-13-21(22)28)25(30)23-24(18-8-6-5-7-9-18)29(27(32)26(23)31)20-12-10-16(2)17(3)14-20/h5-15,24,30H,4H2,1-3H3/b25-23+. The predicted octanol–water partition coefficient (Wildman–Crippen LogP) is 5.98. The summed E-state index contributed by atoms with van der Waals surface area (Å²) in [5.74, 6) is -1.31. The molecule has 0 saturated carbocycles. The lowest BCUT2D eigenvalue weighted by molar-refractivity contribution is -0.132. The van der Waals surface area contributed by atoms with E-state index in [0.29, 0.717) is 28.6 Å². The van der Waals surface area contributed by atoms with E-state index in [9.17, 15) is 14.7 Å². The lowest BCUT2D eigenvalue weighted by Gasteiger charge is -2.26. The van der Waals surface area contributed by atoms with E-state index >= 15 is 0 Å². The maximum Gasteiger partial charge on any atom is 0.300 e. The summed E-state index contributed by atoms with van der Waals surface area (Å²) in [6.07, 6.45) is 0. The monoisotopic (exact) mass is 461 g/mol. The van der Waals surface area contributed by atoms with E-state index in [2.05, 4.69) is 0 Å². The van der Waals surface area contributed by atoms with Crippen LogP contribution in [0.1, 0.15) is 35.2 Å². The minimum Gasteiger partial charge on any atom is -0.507 e. The van der Waals surface area contributed by atoms with E-state index < -0.39 is 17.7 Å². The molecule has 33 heavy (non-hydrogen) atoms. The molecule has 168 valence electrons. The first kappa shape index (κ1) is 22.6.